The van der Waals surface area contributed by atoms with Crippen LogP contribution in [0.25, 0.3) is 12.2 Å². The number of hydrogen-bond acceptors (Lipinski definition) is 9. The number of hydrogen-bond donors (Lipinski definition) is 4. The third kappa shape index (κ3) is 7.32. The zero-order valence-corrected chi connectivity index (χ0v) is 24.8. The topological polar surface area (TPSA) is 144 Å². The van der Waals surface area contributed by atoms with Gasteiger partial charge in [-0.1, -0.05) is 12.1 Å². The van der Waals surface area contributed by atoms with E-state index in [1.807, 2.05) is 32.9 Å². The molecule has 0 unspecified atom stereocenters. The molecule has 0 spiro atoms. The molecule has 4 rings (SSSR count). The Morgan fingerprint density at radius 2 is 0.927 bits per heavy atom. The lowest BCUT2D eigenvalue weighted by molar-refractivity contribution is -0.124. The fourth-order valence-corrected chi connectivity index (χ4v) is 4.25. The second-order valence-electron chi connectivity index (χ2n) is 8.83. The summed E-state index contributed by atoms with van der Waals surface area (Å²) in [6.45, 7) is 6.04. The Balaban J connectivity index is 0.000000228. The van der Waals surface area contributed by atoms with Crippen molar-refractivity contribution in [1.29, 1.82) is 0 Å². The maximum atomic E-state index is 11.8. The summed E-state index contributed by atoms with van der Waals surface area (Å²) in [6, 6.07) is 7.15. The van der Waals surface area contributed by atoms with Crippen LogP contribution in [0, 0.1) is 20.8 Å². The van der Waals surface area contributed by atoms with Crippen molar-refractivity contribution in [2.24, 2.45) is 0 Å². The Morgan fingerprint density at radius 3 is 1.24 bits per heavy atom. The highest BCUT2D eigenvalue weighted by Crippen LogP contribution is 2.38. The molecule has 2 fully saturated rings. The summed E-state index contributed by atoms with van der Waals surface area (Å²) in [5, 5.41) is 9.58. The molecule has 214 valence electrons. The maximum absolute atomic E-state index is 11.8. The quantitative estimate of drug-likeness (QED) is 0.232. The highest BCUT2D eigenvalue weighted by molar-refractivity contribution is 7.80. The van der Waals surface area contributed by atoms with Gasteiger partial charge in [0.1, 0.15) is 11.1 Å². The van der Waals surface area contributed by atoms with Crippen LogP contribution in [-0.4, -0.2) is 55.2 Å². The largest absolute Gasteiger partial charge is 0.493 e. The van der Waals surface area contributed by atoms with Crippen LogP contribution in [0.2, 0.25) is 0 Å². The van der Waals surface area contributed by atoms with Crippen molar-refractivity contribution in [3.05, 3.63) is 63.2 Å². The van der Waals surface area contributed by atoms with Crippen molar-refractivity contribution in [2.45, 2.75) is 20.8 Å². The molecule has 4 N–H and O–H groups in total. The van der Waals surface area contributed by atoms with Crippen LogP contribution in [0.15, 0.2) is 35.4 Å². The first kappa shape index (κ1) is 30.9. The second kappa shape index (κ2) is 13.2. The van der Waals surface area contributed by atoms with Crippen molar-refractivity contribution in [3.63, 3.8) is 0 Å². The molecule has 0 aromatic heterocycles. The van der Waals surface area contributed by atoms with Gasteiger partial charge in [-0.05, 0) is 97.3 Å². The van der Waals surface area contributed by atoms with Gasteiger partial charge in [-0.2, -0.15) is 0 Å². The minimum absolute atomic E-state index is 0.0166. The first-order chi connectivity index (χ1) is 19.4. The first-order valence-electron chi connectivity index (χ1n) is 12.0. The minimum Gasteiger partial charge on any atom is -0.493 e. The van der Waals surface area contributed by atoms with Crippen molar-refractivity contribution < 1.29 is 33.4 Å². The van der Waals surface area contributed by atoms with E-state index in [2.05, 4.69) is 21.3 Å². The van der Waals surface area contributed by atoms with Crippen molar-refractivity contribution in [3.8, 4) is 17.2 Å². The molecular formula is C28H28N4O7S2. The van der Waals surface area contributed by atoms with Crippen molar-refractivity contribution >= 4 is 70.4 Å². The van der Waals surface area contributed by atoms with Crippen LogP contribution in [-0.2, 0) is 19.2 Å². The third-order valence-electron chi connectivity index (χ3n) is 6.15. The van der Waals surface area contributed by atoms with Crippen LogP contribution < -0.4 is 35.5 Å². The summed E-state index contributed by atoms with van der Waals surface area (Å²) in [6.07, 6.45) is 2.99. The van der Waals surface area contributed by atoms with E-state index in [0.717, 1.165) is 16.7 Å². The number of benzene rings is 2. The van der Waals surface area contributed by atoms with E-state index >= 15 is 0 Å². The Bertz CT molecular complexity index is 1450. The monoisotopic (exact) mass is 596 g/mol. The van der Waals surface area contributed by atoms with E-state index < -0.39 is 23.6 Å². The Morgan fingerprint density at radius 1 is 0.585 bits per heavy atom. The average Bonchev–Trinajstić information content (AvgIpc) is 2.91. The van der Waals surface area contributed by atoms with Gasteiger partial charge in [0.2, 0.25) is 5.75 Å². The van der Waals surface area contributed by atoms with Gasteiger partial charge in [-0.15, -0.1) is 0 Å². The van der Waals surface area contributed by atoms with Crippen LogP contribution in [0.1, 0.15) is 27.8 Å². The average molecular weight is 597 g/mol. The van der Waals surface area contributed by atoms with Crippen molar-refractivity contribution in [2.75, 3.05) is 21.3 Å². The fraction of sp³-hybridized carbons (Fsp3) is 0.214. The minimum atomic E-state index is -0.567. The molecule has 13 heteroatoms. The van der Waals surface area contributed by atoms with E-state index in [1.165, 1.54) is 33.0 Å². The molecule has 0 radical (unpaired) electrons. The Kier molecular flexibility index (Phi) is 9.92. The molecule has 2 aromatic rings. The normalized spacial score (nSPS) is 14.6. The molecule has 41 heavy (non-hydrogen) atoms. The Labute approximate surface area is 247 Å². The van der Waals surface area contributed by atoms with Gasteiger partial charge in [-0.25, -0.2) is 0 Å². The number of thiocarbonyl (C=S) groups is 2. The molecule has 4 amide bonds. The maximum Gasteiger partial charge on any atom is 0.263 e. The first-order valence-corrected chi connectivity index (χ1v) is 12.8. The summed E-state index contributed by atoms with van der Waals surface area (Å²) in [4.78, 5) is 47.1. The highest BCUT2D eigenvalue weighted by Gasteiger charge is 2.27. The lowest BCUT2D eigenvalue weighted by atomic mass is 9.99. The number of aryl methyl sites for hydroxylation is 2. The fourth-order valence-electron chi connectivity index (χ4n) is 3.88. The van der Waals surface area contributed by atoms with Crippen LogP contribution in [0.4, 0.5) is 0 Å². The van der Waals surface area contributed by atoms with Gasteiger partial charge in [0, 0.05) is 0 Å². The summed E-state index contributed by atoms with van der Waals surface area (Å²) in [7, 11) is 4.45. The van der Waals surface area contributed by atoms with Gasteiger partial charge < -0.3 is 14.2 Å². The number of rotatable bonds is 5. The molecule has 2 saturated heterocycles. The molecule has 2 aliphatic rings. The SMILES string of the molecule is COc1cc(C=C2C(=O)NC(=S)NC2=O)cc(OC)c1OC.Cc1cc(C=C2C(=O)NC(=S)NC2=O)cc(C)c1C. The molecule has 2 aromatic carbocycles. The van der Waals surface area contributed by atoms with E-state index in [1.54, 1.807) is 18.2 Å². The summed E-state index contributed by atoms with van der Waals surface area (Å²) in [5.74, 6) is -0.813. The third-order valence-corrected chi connectivity index (χ3v) is 6.55. The number of amides is 4. The summed E-state index contributed by atoms with van der Waals surface area (Å²) >= 11 is 9.49. The van der Waals surface area contributed by atoms with Crippen LogP contribution in [0.5, 0.6) is 17.2 Å². The number of ether oxygens (including phenoxy) is 3. The lowest BCUT2D eigenvalue weighted by Crippen LogP contribution is -2.51. The molecule has 2 aliphatic heterocycles. The Hall–Kier alpha value is -4.62. The number of nitrogens with one attached hydrogen (secondary N) is 4. The van der Waals surface area contributed by atoms with Gasteiger partial charge in [0.05, 0.1) is 21.3 Å². The number of methoxy groups -OCH3 is 3. The molecule has 11 nitrogen and oxygen atoms in total. The lowest BCUT2D eigenvalue weighted by Gasteiger charge is -2.17. The van der Waals surface area contributed by atoms with Gasteiger partial charge in [0.25, 0.3) is 23.6 Å². The van der Waals surface area contributed by atoms with E-state index in [0.29, 0.717) is 22.8 Å². The molecule has 0 bridgehead atoms. The zero-order chi connectivity index (χ0) is 30.4. The van der Waals surface area contributed by atoms with Crippen LogP contribution >= 0.6 is 24.4 Å². The molecule has 0 atom stereocenters. The van der Waals surface area contributed by atoms with Crippen molar-refractivity contribution in [1.82, 2.24) is 21.3 Å². The summed E-state index contributed by atoms with van der Waals surface area (Å²) in [5.41, 5.74) is 4.83. The van der Waals surface area contributed by atoms with E-state index in [4.69, 9.17) is 38.6 Å². The zero-order valence-electron chi connectivity index (χ0n) is 23.1. The highest BCUT2D eigenvalue weighted by atomic mass is 32.1. The predicted octanol–water partition coefficient (Wildman–Crippen LogP) is 2.15. The van der Waals surface area contributed by atoms with Gasteiger partial charge in [-0.3, -0.25) is 40.4 Å². The molecular weight excluding hydrogens is 568 g/mol. The molecule has 0 saturated carbocycles. The summed E-state index contributed by atoms with van der Waals surface area (Å²) < 4.78 is 15.7. The standard InChI is InChI=1S/C14H14N2O5S.C14H14N2O2S/c1-19-9-5-7(6-10(20-2)11(9)21-3)4-8-12(17)15-14(22)16-13(8)18;1-7-4-10(5-8(2)9(7)3)6-11-12(17)15-14(19)16-13(11)18/h4-6H,1-3H3,(H2,15,16,17,18,22);4-6H,1-3H3,(H2,15,16,17,18,19). The smallest absolute Gasteiger partial charge is 0.263 e. The van der Waals surface area contributed by atoms with E-state index in [9.17, 15) is 19.2 Å². The van der Waals surface area contributed by atoms with Gasteiger partial charge >= 0.3 is 0 Å². The number of carbonyl (C=O) groups is 4. The molecule has 2 heterocycles. The number of carbonyl (C=O) groups excluding carboxylic acids is 4. The van der Waals surface area contributed by atoms with E-state index in [-0.39, 0.29) is 21.4 Å². The predicted molar refractivity (Wildman–Crippen MR) is 160 cm³/mol. The second-order valence-corrected chi connectivity index (χ2v) is 9.65. The van der Waals surface area contributed by atoms with Crippen LogP contribution in [0.3, 0.4) is 0 Å². The molecule has 0 aliphatic carbocycles. The van der Waals surface area contributed by atoms with Gasteiger partial charge in [0.15, 0.2) is 21.7 Å².